The van der Waals surface area contributed by atoms with E-state index in [0.29, 0.717) is 31.2 Å². The second-order valence-electron chi connectivity index (χ2n) is 8.45. The number of ether oxygens (including phenoxy) is 1. The Balaban J connectivity index is 1.84. The Bertz CT molecular complexity index is 1140. The summed E-state index contributed by atoms with van der Waals surface area (Å²) < 4.78 is 61.5. The molecule has 0 unspecified atom stereocenters. The molecule has 0 N–H and O–H groups in total. The van der Waals surface area contributed by atoms with Crippen molar-refractivity contribution in [2.45, 2.75) is 61.9 Å². The number of benzene rings is 2. The fraction of sp³-hybridized carbons (Fsp3) is 0.500. The van der Waals surface area contributed by atoms with Gasteiger partial charge in [-0.3, -0.25) is 0 Å². The van der Waals surface area contributed by atoms with Gasteiger partial charge in [-0.15, -0.1) is 0 Å². The second kappa shape index (κ2) is 12.0. The molecule has 1 aliphatic rings. The number of rotatable bonds is 11. The van der Waals surface area contributed by atoms with Crippen LogP contribution >= 0.6 is 11.6 Å². The van der Waals surface area contributed by atoms with Gasteiger partial charge in [-0.1, -0.05) is 30.2 Å². The van der Waals surface area contributed by atoms with E-state index in [1.54, 1.807) is 24.3 Å². The molecule has 1 saturated heterocycles. The lowest BCUT2D eigenvalue weighted by molar-refractivity contribution is 0.140. The lowest BCUT2D eigenvalue weighted by Crippen LogP contribution is -2.41. The smallest absolute Gasteiger partial charge is 0.243 e. The number of hydrogen-bond acceptors (Lipinski definition) is 5. The lowest BCUT2D eigenvalue weighted by atomic mass is 10.1. The topological polar surface area (TPSA) is 84.0 Å². The van der Waals surface area contributed by atoms with Crippen LogP contribution in [0.5, 0.6) is 0 Å². The average Bonchev–Trinajstić information content (AvgIpc) is 2.82. The molecule has 1 atom stereocenters. The predicted molar refractivity (Wildman–Crippen MR) is 134 cm³/mol. The molecule has 1 aliphatic heterocycles. The fourth-order valence-corrected chi connectivity index (χ4v) is 7.35. The number of nitrogens with zero attached hydrogens (tertiary/aromatic N) is 2. The zero-order valence-corrected chi connectivity index (χ0v) is 22.1. The minimum atomic E-state index is -3.86. The minimum absolute atomic E-state index is 0.0588. The summed E-state index contributed by atoms with van der Waals surface area (Å²) in [7, 11) is -7.53. The molecule has 0 spiro atoms. The van der Waals surface area contributed by atoms with Crippen LogP contribution in [0.25, 0.3) is 0 Å². The van der Waals surface area contributed by atoms with E-state index in [0.717, 1.165) is 24.8 Å². The third kappa shape index (κ3) is 6.59. The third-order valence-corrected chi connectivity index (χ3v) is 10.1. The van der Waals surface area contributed by atoms with Gasteiger partial charge < -0.3 is 4.74 Å². The predicted octanol–water partition coefficient (Wildman–Crippen LogP) is 4.52. The van der Waals surface area contributed by atoms with Gasteiger partial charge in [-0.2, -0.15) is 8.61 Å². The van der Waals surface area contributed by atoms with Crippen molar-refractivity contribution in [2.75, 3.05) is 26.3 Å². The minimum Gasteiger partial charge on any atom is -0.382 e. The average molecular weight is 529 g/mol. The molecular formula is C24H33ClN2O5S2. The van der Waals surface area contributed by atoms with Crippen LogP contribution in [0.15, 0.2) is 58.3 Å². The highest BCUT2D eigenvalue weighted by molar-refractivity contribution is 7.89. The number of piperidine rings is 1. The first-order valence-corrected chi connectivity index (χ1v) is 14.9. The number of halogens is 1. The summed E-state index contributed by atoms with van der Waals surface area (Å²) in [6.45, 7) is 5.75. The molecule has 0 radical (unpaired) electrons. The van der Waals surface area contributed by atoms with Gasteiger partial charge in [-0.25, -0.2) is 16.8 Å². The van der Waals surface area contributed by atoms with Crippen LogP contribution in [-0.4, -0.2) is 57.8 Å². The zero-order chi connectivity index (χ0) is 24.8. The highest BCUT2D eigenvalue weighted by Crippen LogP contribution is 2.27. The van der Waals surface area contributed by atoms with E-state index in [-0.39, 0.29) is 28.9 Å². The van der Waals surface area contributed by atoms with Crippen molar-refractivity contribution in [3.05, 3.63) is 59.1 Å². The molecule has 2 aromatic rings. The van der Waals surface area contributed by atoms with Crippen molar-refractivity contribution in [1.82, 2.24) is 8.61 Å². The van der Waals surface area contributed by atoms with Crippen LogP contribution in [0.3, 0.4) is 0 Å². The van der Waals surface area contributed by atoms with Gasteiger partial charge in [0.15, 0.2) is 0 Å². The van der Waals surface area contributed by atoms with Gasteiger partial charge >= 0.3 is 0 Å². The Morgan fingerprint density at radius 3 is 2.26 bits per heavy atom. The summed E-state index contributed by atoms with van der Waals surface area (Å²) in [6, 6.07) is 12.5. The molecule has 7 nitrogen and oxygen atoms in total. The Hall–Kier alpha value is -1.49. The van der Waals surface area contributed by atoms with Crippen LogP contribution < -0.4 is 0 Å². The lowest BCUT2D eigenvalue weighted by Gasteiger charge is -2.32. The van der Waals surface area contributed by atoms with Crippen molar-refractivity contribution in [1.29, 1.82) is 0 Å². The molecule has 1 fully saturated rings. The molecule has 1 heterocycles. The molecule has 188 valence electrons. The van der Waals surface area contributed by atoms with E-state index in [9.17, 15) is 16.8 Å². The Morgan fingerprint density at radius 2 is 1.65 bits per heavy atom. The van der Waals surface area contributed by atoms with Gasteiger partial charge in [-0.05, 0) is 75.1 Å². The van der Waals surface area contributed by atoms with Crippen molar-refractivity contribution >= 4 is 31.6 Å². The Kier molecular flexibility index (Phi) is 9.54. The fourth-order valence-electron chi connectivity index (χ4n) is 4.06. The Labute approximate surface area is 208 Å². The van der Waals surface area contributed by atoms with Gasteiger partial charge in [0.2, 0.25) is 20.0 Å². The monoisotopic (exact) mass is 528 g/mol. The summed E-state index contributed by atoms with van der Waals surface area (Å²) in [4.78, 5) is 0.171. The van der Waals surface area contributed by atoms with E-state index >= 15 is 0 Å². The van der Waals surface area contributed by atoms with Crippen molar-refractivity contribution in [2.24, 2.45) is 0 Å². The molecule has 10 heteroatoms. The molecular weight excluding hydrogens is 496 g/mol. The normalized spacial score (nSPS) is 17.8. The largest absolute Gasteiger partial charge is 0.382 e. The number of hydrogen-bond donors (Lipinski definition) is 0. The van der Waals surface area contributed by atoms with Crippen molar-refractivity contribution in [3.8, 4) is 0 Å². The maximum Gasteiger partial charge on any atom is 0.243 e. The van der Waals surface area contributed by atoms with Crippen molar-refractivity contribution in [3.63, 3.8) is 0 Å². The molecule has 2 aromatic carbocycles. The molecule has 0 amide bonds. The quantitative estimate of drug-likeness (QED) is 0.400. The van der Waals surface area contributed by atoms with E-state index in [2.05, 4.69) is 0 Å². The number of sulfonamides is 2. The maximum absolute atomic E-state index is 13.5. The summed E-state index contributed by atoms with van der Waals surface area (Å²) in [5, 5.41) is 0.578. The molecule has 0 aromatic heterocycles. The highest BCUT2D eigenvalue weighted by Gasteiger charge is 2.32. The first kappa shape index (κ1) is 27.1. The summed E-state index contributed by atoms with van der Waals surface area (Å²) in [5.41, 5.74) is 0.808. The Morgan fingerprint density at radius 1 is 1.00 bits per heavy atom. The zero-order valence-electron chi connectivity index (χ0n) is 19.7. The van der Waals surface area contributed by atoms with Crippen LogP contribution in [0, 0.1) is 0 Å². The molecule has 0 aliphatic carbocycles. The summed E-state index contributed by atoms with van der Waals surface area (Å²) in [6.07, 6.45) is 3.21. The van der Waals surface area contributed by atoms with E-state index in [1.807, 2.05) is 13.8 Å². The first-order valence-electron chi connectivity index (χ1n) is 11.6. The SMILES string of the molecule is CCOCCCN(Cc1ccc(Cl)cc1)S(=O)(=O)c1ccc(S(=O)(=O)N2CCCC[C@@H]2C)cc1. The van der Waals surface area contributed by atoms with E-state index < -0.39 is 20.0 Å². The first-order chi connectivity index (χ1) is 16.2. The standard InChI is InChI=1S/C24H33ClN2O5S2/c1-3-32-18-6-16-26(19-21-8-10-22(25)11-9-21)33(28,29)23-12-14-24(15-13-23)34(30,31)27-17-5-4-7-20(27)2/h8-15,20H,3-7,16-19H2,1-2H3/t20-/m0/s1. The van der Waals surface area contributed by atoms with Crippen LogP contribution in [0.4, 0.5) is 0 Å². The third-order valence-electron chi connectivity index (χ3n) is 5.98. The van der Waals surface area contributed by atoms with Gasteiger partial charge in [0, 0.05) is 43.9 Å². The summed E-state index contributed by atoms with van der Waals surface area (Å²) in [5.74, 6) is 0. The molecule has 0 bridgehead atoms. The van der Waals surface area contributed by atoms with Gasteiger partial charge in [0.25, 0.3) is 0 Å². The van der Waals surface area contributed by atoms with E-state index in [4.69, 9.17) is 16.3 Å². The van der Waals surface area contributed by atoms with Crippen molar-refractivity contribution < 1.29 is 21.6 Å². The van der Waals surface area contributed by atoms with Gasteiger partial charge in [0.05, 0.1) is 9.79 Å². The molecule has 34 heavy (non-hydrogen) atoms. The van der Waals surface area contributed by atoms with Crippen LogP contribution in [0.2, 0.25) is 5.02 Å². The molecule has 0 saturated carbocycles. The van der Waals surface area contributed by atoms with Gasteiger partial charge in [0.1, 0.15) is 0 Å². The highest BCUT2D eigenvalue weighted by atomic mass is 35.5. The molecule has 3 rings (SSSR count). The maximum atomic E-state index is 13.5. The second-order valence-corrected chi connectivity index (χ2v) is 12.7. The van der Waals surface area contributed by atoms with Crippen LogP contribution in [-0.2, 0) is 31.3 Å². The van der Waals surface area contributed by atoms with E-state index in [1.165, 1.54) is 32.9 Å². The van der Waals surface area contributed by atoms with Crippen LogP contribution in [0.1, 0.15) is 45.1 Å². The summed E-state index contributed by atoms with van der Waals surface area (Å²) >= 11 is 5.97.